The van der Waals surface area contributed by atoms with Crippen LogP contribution in [0.3, 0.4) is 0 Å². The molecule has 0 unspecified atom stereocenters. The van der Waals surface area contributed by atoms with E-state index >= 15 is 0 Å². The second-order valence-electron chi connectivity index (χ2n) is 3.12. The molecule has 1 rings (SSSR count). The fourth-order valence-corrected chi connectivity index (χ4v) is 0.893. The summed E-state index contributed by atoms with van der Waals surface area (Å²) in [6.45, 7) is 3.59. The van der Waals surface area contributed by atoms with Crippen molar-refractivity contribution < 1.29 is 13.9 Å². The fraction of sp³-hybridized carbons (Fsp3) is 0.300. The highest BCUT2D eigenvalue weighted by Gasteiger charge is 2.08. The van der Waals surface area contributed by atoms with Gasteiger partial charge in [0.05, 0.1) is 0 Å². The first-order valence-corrected chi connectivity index (χ1v) is 4.32. The Balaban J connectivity index is 2.61. The first-order chi connectivity index (χ1) is 6.59. The minimum absolute atomic E-state index is 0.0331. The molecule has 0 heterocycles. The number of hydrogen-bond donors (Lipinski definition) is 1. The molecule has 0 aliphatic carbocycles. The topological polar surface area (TPSA) is 38.3 Å². The molecule has 3 nitrogen and oxygen atoms in total. The van der Waals surface area contributed by atoms with Gasteiger partial charge in [0, 0.05) is 6.04 Å². The summed E-state index contributed by atoms with van der Waals surface area (Å²) in [7, 11) is 0. The number of para-hydroxylation sites is 1. The molecule has 1 aromatic rings. The Bertz CT molecular complexity index is 326. The largest absolute Gasteiger partial charge is 0.412 e. The summed E-state index contributed by atoms with van der Waals surface area (Å²) in [5.41, 5.74) is 0. The molecular formula is C10H12FNO2. The maximum atomic E-state index is 13.0. The lowest BCUT2D eigenvalue weighted by atomic mass is 10.3. The molecule has 0 aromatic heterocycles. The zero-order valence-corrected chi connectivity index (χ0v) is 8.08. The van der Waals surface area contributed by atoms with Crippen molar-refractivity contribution in [2.45, 2.75) is 19.9 Å². The SMILES string of the molecule is CC(C)NC(=O)Oc1ccccc1F. The molecule has 1 aromatic carbocycles. The minimum atomic E-state index is -0.648. The van der Waals surface area contributed by atoms with E-state index in [4.69, 9.17) is 4.74 Å². The molecule has 0 aliphatic rings. The highest BCUT2D eigenvalue weighted by molar-refractivity contribution is 5.70. The summed E-state index contributed by atoms with van der Waals surface area (Å²) in [4.78, 5) is 11.1. The van der Waals surface area contributed by atoms with Crippen LogP contribution in [0.1, 0.15) is 13.8 Å². The molecule has 0 atom stereocenters. The van der Waals surface area contributed by atoms with Crippen LogP contribution in [0, 0.1) is 5.82 Å². The van der Waals surface area contributed by atoms with Crippen molar-refractivity contribution in [3.8, 4) is 5.75 Å². The summed E-state index contributed by atoms with van der Waals surface area (Å²) in [6.07, 6.45) is -0.648. The average molecular weight is 197 g/mol. The lowest BCUT2D eigenvalue weighted by molar-refractivity contribution is 0.195. The van der Waals surface area contributed by atoms with E-state index in [2.05, 4.69) is 5.32 Å². The normalized spacial score (nSPS) is 10.0. The Labute approximate surface area is 81.9 Å². The van der Waals surface area contributed by atoms with Crippen LogP contribution in [0.2, 0.25) is 0 Å². The van der Waals surface area contributed by atoms with Gasteiger partial charge in [-0.1, -0.05) is 12.1 Å². The molecular weight excluding hydrogens is 185 g/mol. The van der Waals surface area contributed by atoms with E-state index in [1.165, 1.54) is 18.2 Å². The van der Waals surface area contributed by atoms with Crippen molar-refractivity contribution in [1.29, 1.82) is 0 Å². The second-order valence-corrected chi connectivity index (χ2v) is 3.12. The van der Waals surface area contributed by atoms with Gasteiger partial charge in [0.15, 0.2) is 11.6 Å². The summed E-state index contributed by atoms with van der Waals surface area (Å²) < 4.78 is 17.7. The van der Waals surface area contributed by atoms with Crippen LogP contribution in [-0.4, -0.2) is 12.1 Å². The quantitative estimate of drug-likeness (QED) is 0.790. The molecule has 0 aliphatic heterocycles. The predicted octanol–water partition coefficient (Wildman–Crippen LogP) is 2.32. The highest BCUT2D eigenvalue weighted by atomic mass is 19.1. The number of carbonyl (C=O) groups excluding carboxylic acids is 1. The van der Waals surface area contributed by atoms with Gasteiger partial charge in [0.2, 0.25) is 0 Å². The van der Waals surface area contributed by atoms with Crippen LogP contribution in [0.25, 0.3) is 0 Å². The number of carbonyl (C=O) groups is 1. The molecule has 1 amide bonds. The Kier molecular flexibility index (Phi) is 3.45. The summed E-state index contributed by atoms with van der Waals surface area (Å²) in [6, 6.07) is 5.73. The molecule has 1 N–H and O–H groups in total. The maximum Gasteiger partial charge on any atom is 0.412 e. The molecule has 0 radical (unpaired) electrons. The van der Waals surface area contributed by atoms with Crippen LogP contribution >= 0.6 is 0 Å². The molecule has 0 fully saturated rings. The van der Waals surface area contributed by atoms with E-state index in [9.17, 15) is 9.18 Å². The van der Waals surface area contributed by atoms with Crippen molar-refractivity contribution in [3.63, 3.8) is 0 Å². The summed E-state index contributed by atoms with van der Waals surface area (Å²) in [5, 5.41) is 2.49. The molecule has 0 bridgehead atoms. The third-order valence-electron chi connectivity index (χ3n) is 1.45. The Morgan fingerprint density at radius 1 is 1.43 bits per heavy atom. The van der Waals surface area contributed by atoms with Crippen molar-refractivity contribution in [3.05, 3.63) is 30.1 Å². The van der Waals surface area contributed by atoms with Crippen molar-refractivity contribution in [2.24, 2.45) is 0 Å². The van der Waals surface area contributed by atoms with Gasteiger partial charge in [-0.3, -0.25) is 0 Å². The Morgan fingerprint density at radius 3 is 2.64 bits per heavy atom. The van der Waals surface area contributed by atoms with Gasteiger partial charge in [-0.05, 0) is 26.0 Å². The van der Waals surface area contributed by atoms with Crippen LogP contribution in [0.4, 0.5) is 9.18 Å². The van der Waals surface area contributed by atoms with Gasteiger partial charge in [-0.15, -0.1) is 0 Å². The zero-order chi connectivity index (χ0) is 10.6. The number of rotatable bonds is 2. The van der Waals surface area contributed by atoms with Gasteiger partial charge in [-0.2, -0.15) is 0 Å². The monoisotopic (exact) mass is 197 g/mol. The summed E-state index contributed by atoms with van der Waals surface area (Å²) >= 11 is 0. The smallest absolute Gasteiger partial charge is 0.407 e. The molecule has 76 valence electrons. The Hall–Kier alpha value is -1.58. The van der Waals surface area contributed by atoms with Gasteiger partial charge >= 0.3 is 6.09 Å². The van der Waals surface area contributed by atoms with Gasteiger partial charge < -0.3 is 10.1 Å². The van der Waals surface area contributed by atoms with Gasteiger partial charge in [0.1, 0.15) is 0 Å². The van der Waals surface area contributed by atoms with Gasteiger partial charge in [-0.25, -0.2) is 9.18 Å². The fourth-order valence-electron chi connectivity index (χ4n) is 0.893. The predicted molar refractivity (Wildman–Crippen MR) is 50.7 cm³/mol. The third-order valence-corrected chi connectivity index (χ3v) is 1.45. The minimum Gasteiger partial charge on any atom is -0.407 e. The highest BCUT2D eigenvalue weighted by Crippen LogP contribution is 2.15. The molecule has 4 heteroatoms. The molecule has 0 saturated heterocycles. The lowest BCUT2D eigenvalue weighted by Gasteiger charge is -2.08. The molecule has 0 saturated carbocycles. The first-order valence-electron chi connectivity index (χ1n) is 4.32. The van der Waals surface area contributed by atoms with E-state index < -0.39 is 11.9 Å². The number of ether oxygens (including phenoxy) is 1. The van der Waals surface area contributed by atoms with E-state index in [0.717, 1.165) is 0 Å². The zero-order valence-electron chi connectivity index (χ0n) is 8.08. The lowest BCUT2D eigenvalue weighted by Crippen LogP contribution is -2.32. The summed E-state index contributed by atoms with van der Waals surface area (Å²) in [5.74, 6) is -0.614. The standard InChI is InChI=1S/C10H12FNO2/c1-7(2)12-10(13)14-9-6-4-3-5-8(9)11/h3-7H,1-2H3,(H,12,13). The van der Waals surface area contributed by atoms with Crippen molar-refractivity contribution >= 4 is 6.09 Å². The van der Waals surface area contributed by atoms with Crippen molar-refractivity contribution in [2.75, 3.05) is 0 Å². The van der Waals surface area contributed by atoms with E-state index in [-0.39, 0.29) is 11.8 Å². The molecule has 14 heavy (non-hydrogen) atoms. The van der Waals surface area contributed by atoms with Crippen LogP contribution < -0.4 is 10.1 Å². The van der Waals surface area contributed by atoms with Crippen LogP contribution in [0.5, 0.6) is 5.75 Å². The number of hydrogen-bond acceptors (Lipinski definition) is 2. The van der Waals surface area contributed by atoms with E-state index in [0.29, 0.717) is 0 Å². The van der Waals surface area contributed by atoms with Crippen LogP contribution in [0.15, 0.2) is 24.3 Å². The Morgan fingerprint density at radius 2 is 2.07 bits per heavy atom. The maximum absolute atomic E-state index is 13.0. The number of halogens is 1. The first kappa shape index (κ1) is 10.5. The van der Waals surface area contributed by atoms with Crippen molar-refractivity contribution in [1.82, 2.24) is 5.32 Å². The van der Waals surface area contributed by atoms with E-state index in [1.807, 2.05) is 0 Å². The average Bonchev–Trinajstić information content (AvgIpc) is 2.07. The van der Waals surface area contributed by atoms with Crippen LogP contribution in [-0.2, 0) is 0 Å². The number of benzene rings is 1. The number of amides is 1. The number of nitrogens with one attached hydrogen (secondary N) is 1. The molecule has 0 spiro atoms. The van der Waals surface area contributed by atoms with E-state index in [1.54, 1.807) is 19.9 Å². The van der Waals surface area contributed by atoms with Gasteiger partial charge in [0.25, 0.3) is 0 Å². The second kappa shape index (κ2) is 4.60. The third kappa shape index (κ3) is 3.05.